The number of phenolic OH excluding ortho intramolecular Hbond substituents is 1. The number of Topliss-reactive ketones (excluding diaryl/α,β-unsaturated/α-hetero) is 1. The molecule has 7 heteroatoms. The van der Waals surface area contributed by atoms with E-state index in [9.17, 15) is 23.1 Å². The Morgan fingerprint density at radius 2 is 1.89 bits per heavy atom. The Morgan fingerprint density at radius 3 is 2.42 bits per heavy atom. The number of aliphatic imine (C=N–C) groups is 1. The molecule has 0 radical (unpaired) electrons. The molecule has 0 aliphatic heterocycles. The van der Waals surface area contributed by atoms with Gasteiger partial charge in [0.2, 0.25) is 0 Å². The molecule has 0 amide bonds. The molecule has 0 atom stereocenters. The van der Waals surface area contributed by atoms with E-state index in [4.69, 9.17) is 5.11 Å². The number of rotatable bonds is 5. The van der Waals surface area contributed by atoms with Crippen LogP contribution in [0.2, 0.25) is 0 Å². The molecule has 0 aliphatic carbocycles. The zero-order valence-electron chi connectivity index (χ0n) is 9.81. The minimum atomic E-state index is -4.74. The monoisotopic (exact) mass is 275 g/mol. The highest BCUT2D eigenvalue weighted by atomic mass is 19.4. The Labute approximate surface area is 107 Å². The average molecular weight is 275 g/mol. The van der Waals surface area contributed by atoms with Crippen molar-refractivity contribution in [3.8, 4) is 5.75 Å². The summed E-state index contributed by atoms with van der Waals surface area (Å²) in [5, 5.41) is 17.9. The van der Waals surface area contributed by atoms with Crippen LogP contribution < -0.4 is 0 Å². The average Bonchev–Trinajstić information content (AvgIpc) is 2.33. The number of nitrogens with zero attached hydrogens (tertiary/aromatic N) is 1. The topological polar surface area (TPSA) is 69.9 Å². The molecule has 0 fully saturated rings. The molecule has 0 aliphatic rings. The summed E-state index contributed by atoms with van der Waals surface area (Å²) >= 11 is 0. The Morgan fingerprint density at radius 1 is 1.26 bits per heavy atom. The van der Waals surface area contributed by atoms with E-state index < -0.39 is 37.2 Å². The fourth-order valence-corrected chi connectivity index (χ4v) is 1.39. The molecule has 1 rings (SSSR count). The van der Waals surface area contributed by atoms with Gasteiger partial charge in [-0.2, -0.15) is 13.2 Å². The van der Waals surface area contributed by atoms with Crippen molar-refractivity contribution < 1.29 is 28.2 Å². The number of alkyl halides is 3. The minimum absolute atomic E-state index is 0.191. The van der Waals surface area contributed by atoms with Crippen LogP contribution in [-0.2, 0) is 0 Å². The van der Waals surface area contributed by atoms with Crippen LogP contribution >= 0.6 is 0 Å². The molecule has 0 saturated carbocycles. The Hall–Kier alpha value is -1.89. The summed E-state index contributed by atoms with van der Waals surface area (Å²) in [5.74, 6) is -1.26. The predicted octanol–water partition coefficient (Wildman–Crippen LogP) is 1.96. The normalized spacial score (nSPS) is 12.5. The molecule has 0 heterocycles. The van der Waals surface area contributed by atoms with Crippen LogP contribution in [0.5, 0.6) is 5.75 Å². The molecular weight excluding hydrogens is 263 g/mol. The number of para-hydroxylation sites is 1. The van der Waals surface area contributed by atoms with Gasteiger partial charge in [-0.25, -0.2) is 0 Å². The van der Waals surface area contributed by atoms with Gasteiger partial charge < -0.3 is 10.2 Å². The molecule has 1 aromatic carbocycles. The molecule has 1 aromatic rings. The molecule has 0 spiro atoms. The number of phenols is 1. The van der Waals surface area contributed by atoms with Crippen LogP contribution in [0.25, 0.3) is 0 Å². The van der Waals surface area contributed by atoms with Gasteiger partial charge in [0.15, 0.2) is 5.78 Å². The third-order valence-electron chi connectivity index (χ3n) is 2.26. The molecule has 0 saturated heterocycles. The van der Waals surface area contributed by atoms with E-state index in [1.54, 1.807) is 0 Å². The van der Waals surface area contributed by atoms with Gasteiger partial charge in [-0.1, -0.05) is 12.1 Å². The first-order valence-electron chi connectivity index (χ1n) is 5.39. The summed E-state index contributed by atoms with van der Waals surface area (Å²) < 4.78 is 37.8. The van der Waals surface area contributed by atoms with E-state index in [0.29, 0.717) is 0 Å². The Bertz CT molecular complexity index is 483. The van der Waals surface area contributed by atoms with E-state index >= 15 is 0 Å². The van der Waals surface area contributed by atoms with Crippen molar-refractivity contribution >= 4 is 11.5 Å². The first kappa shape index (κ1) is 15.2. The Balaban J connectivity index is 2.92. The summed E-state index contributed by atoms with van der Waals surface area (Å²) in [6.45, 7) is -0.965. The second-order valence-corrected chi connectivity index (χ2v) is 3.67. The number of halogens is 3. The second kappa shape index (κ2) is 6.33. The van der Waals surface area contributed by atoms with Crippen molar-refractivity contribution in [3.05, 3.63) is 29.8 Å². The summed E-state index contributed by atoms with van der Waals surface area (Å²) in [5.41, 5.74) is -1.46. The maximum atomic E-state index is 12.6. The maximum Gasteiger partial charge on any atom is 0.429 e. The highest BCUT2D eigenvalue weighted by molar-refractivity contribution is 6.12. The van der Waals surface area contributed by atoms with Crippen LogP contribution in [0.3, 0.4) is 0 Å². The fourth-order valence-electron chi connectivity index (χ4n) is 1.39. The van der Waals surface area contributed by atoms with E-state index in [1.165, 1.54) is 24.3 Å². The lowest BCUT2D eigenvalue weighted by atomic mass is 10.0. The van der Waals surface area contributed by atoms with Crippen LogP contribution in [0.4, 0.5) is 13.2 Å². The summed E-state index contributed by atoms with van der Waals surface area (Å²) in [4.78, 5) is 14.8. The van der Waals surface area contributed by atoms with Crippen molar-refractivity contribution in [2.45, 2.75) is 12.6 Å². The molecule has 0 aromatic heterocycles. The van der Waals surface area contributed by atoms with Gasteiger partial charge in [0, 0.05) is 0 Å². The van der Waals surface area contributed by atoms with Gasteiger partial charge >= 0.3 is 6.18 Å². The summed E-state index contributed by atoms with van der Waals surface area (Å²) in [7, 11) is 0. The highest BCUT2D eigenvalue weighted by Crippen LogP contribution is 2.23. The maximum absolute atomic E-state index is 12.6. The van der Waals surface area contributed by atoms with E-state index in [2.05, 4.69) is 4.99 Å². The summed E-state index contributed by atoms with van der Waals surface area (Å²) in [6.07, 6.45) is -5.71. The molecule has 104 valence electrons. The second-order valence-electron chi connectivity index (χ2n) is 3.67. The lowest BCUT2D eigenvalue weighted by Crippen LogP contribution is -2.26. The third-order valence-corrected chi connectivity index (χ3v) is 2.26. The quantitative estimate of drug-likeness (QED) is 0.637. The summed E-state index contributed by atoms with van der Waals surface area (Å²) in [6, 6.07) is 5.34. The molecule has 2 N–H and O–H groups in total. The van der Waals surface area contributed by atoms with E-state index in [1.807, 2.05) is 0 Å². The number of aliphatic hydroxyl groups excluding tert-OH is 1. The number of hydrogen-bond donors (Lipinski definition) is 2. The predicted molar refractivity (Wildman–Crippen MR) is 62.5 cm³/mol. The van der Waals surface area contributed by atoms with Crippen LogP contribution in [0.1, 0.15) is 16.8 Å². The smallest absolute Gasteiger partial charge is 0.429 e. The molecule has 4 nitrogen and oxygen atoms in total. The molecular formula is C12H12F3NO3. The molecule has 0 unspecified atom stereocenters. The minimum Gasteiger partial charge on any atom is -0.507 e. The van der Waals surface area contributed by atoms with Gasteiger partial charge in [0.05, 0.1) is 25.1 Å². The lowest BCUT2D eigenvalue weighted by molar-refractivity contribution is -0.0604. The lowest BCUT2D eigenvalue weighted by Gasteiger charge is -2.10. The zero-order chi connectivity index (χ0) is 14.5. The van der Waals surface area contributed by atoms with Crippen LogP contribution in [-0.4, -0.2) is 41.0 Å². The van der Waals surface area contributed by atoms with Gasteiger partial charge in [-0.15, -0.1) is 0 Å². The standard InChI is InChI=1S/C12H12F3NO3/c13-12(14,15)11(16-5-6-17)7-10(19)8-3-1-2-4-9(8)18/h1-4,17-18H,5-7H2. The highest BCUT2D eigenvalue weighted by Gasteiger charge is 2.36. The van der Waals surface area contributed by atoms with Crippen molar-refractivity contribution in [2.24, 2.45) is 4.99 Å². The van der Waals surface area contributed by atoms with Crippen molar-refractivity contribution in [2.75, 3.05) is 13.2 Å². The van der Waals surface area contributed by atoms with Crippen molar-refractivity contribution in [1.29, 1.82) is 0 Å². The van der Waals surface area contributed by atoms with Gasteiger partial charge in [-0.3, -0.25) is 9.79 Å². The van der Waals surface area contributed by atoms with Crippen LogP contribution in [0, 0.1) is 0 Å². The van der Waals surface area contributed by atoms with E-state index in [0.717, 1.165) is 0 Å². The van der Waals surface area contributed by atoms with Crippen molar-refractivity contribution in [1.82, 2.24) is 0 Å². The number of aromatic hydroxyl groups is 1. The Kier molecular flexibility index (Phi) is 5.05. The fraction of sp³-hybridized carbons (Fsp3) is 0.333. The van der Waals surface area contributed by atoms with Gasteiger partial charge in [0.25, 0.3) is 0 Å². The first-order chi connectivity index (χ1) is 8.86. The van der Waals surface area contributed by atoms with Gasteiger partial charge in [-0.05, 0) is 12.1 Å². The van der Waals surface area contributed by atoms with Gasteiger partial charge in [0.1, 0.15) is 11.5 Å². The number of ketones is 1. The number of benzene rings is 1. The van der Waals surface area contributed by atoms with Crippen molar-refractivity contribution in [3.63, 3.8) is 0 Å². The molecule has 19 heavy (non-hydrogen) atoms. The first-order valence-corrected chi connectivity index (χ1v) is 5.39. The number of hydrogen-bond acceptors (Lipinski definition) is 4. The largest absolute Gasteiger partial charge is 0.507 e. The number of aliphatic hydroxyl groups is 1. The number of carbonyl (C=O) groups is 1. The number of carbonyl (C=O) groups excluding carboxylic acids is 1. The SMILES string of the molecule is O=C(CC(=NCCO)C(F)(F)F)c1ccccc1O. The third kappa shape index (κ3) is 4.36. The van der Waals surface area contributed by atoms with E-state index in [-0.39, 0.29) is 11.3 Å². The molecule has 0 bridgehead atoms. The van der Waals surface area contributed by atoms with Crippen LogP contribution in [0.15, 0.2) is 29.3 Å². The zero-order valence-corrected chi connectivity index (χ0v) is 9.81.